The van der Waals surface area contributed by atoms with Gasteiger partial charge in [-0.15, -0.1) is 0 Å². The number of carbonyl (C=O) groups excluding carboxylic acids is 1. The standard InChI is InChI=1S/C19H24N2O3/c1-5-23-17-16(7-6-12-20-17)15-10-8-14(9-11-15)13-21-18(22)24-19(2,3)4/h6-12H,5,13H2,1-4H3,(H,21,22). The average Bonchev–Trinajstić information content (AvgIpc) is 2.53. The van der Waals surface area contributed by atoms with Crippen molar-refractivity contribution in [3.05, 3.63) is 48.2 Å². The van der Waals surface area contributed by atoms with Crippen molar-refractivity contribution in [2.75, 3.05) is 6.61 Å². The highest BCUT2D eigenvalue weighted by Crippen LogP contribution is 2.27. The number of nitrogens with one attached hydrogen (secondary N) is 1. The van der Waals surface area contributed by atoms with Gasteiger partial charge in [-0.25, -0.2) is 9.78 Å². The van der Waals surface area contributed by atoms with Gasteiger partial charge in [-0.1, -0.05) is 24.3 Å². The predicted octanol–water partition coefficient (Wildman–Crippen LogP) is 4.17. The first-order valence-electron chi connectivity index (χ1n) is 8.03. The average molecular weight is 328 g/mol. The van der Waals surface area contributed by atoms with Gasteiger partial charge in [0.05, 0.1) is 6.61 Å². The molecule has 1 amide bonds. The molecule has 1 N–H and O–H groups in total. The summed E-state index contributed by atoms with van der Waals surface area (Å²) in [7, 11) is 0. The molecule has 5 nitrogen and oxygen atoms in total. The van der Waals surface area contributed by atoms with E-state index in [0.29, 0.717) is 19.0 Å². The minimum absolute atomic E-state index is 0.417. The second-order valence-electron chi connectivity index (χ2n) is 6.34. The number of ether oxygens (including phenoxy) is 2. The molecular weight excluding hydrogens is 304 g/mol. The summed E-state index contributed by atoms with van der Waals surface area (Å²) in [6, 6.07) is 11.8. The first-order chi connectivity index (χ1) is 11.4. The molecule has 0 aliphatic heterocycles. The Labute approximate surface area is 143 Å². The molecule has 0 fully saturated rings. The minimum Gasteiger partial charge on any atom is -0.478 e. The van der Waals surface area contributed by atoms with Crippen LogP contribution in [-0.2, 0) is 11.3 Å². The Morgan fingerprint density at radius 1 is 1.17 bits per heavy atom. The van der Waals surface area contributed by atoms with Gasteiger partial charge in [-0.2, -0.15) is 0 Å². The predicted molar refractivity (Wildman–Crippen MR) is 93.9 cm³/mol. The maximum Gasteiger partial charge on any atom is 0.407 e. The quantitative estimate of drug-likeness (QED) is 0.895. The summed E-state index contributed by atoms with van der Waals surface area (Å²) in [6.45, 7) is 8.44. The molecule has 0 unspecified atom stereocenters. The molecule has 1 aromatic heterocycles. The number of carbonyl (C=O) groups is 1. The first kappa shape index (κ1) is 17.8. The van der Waals surface area contributed by atoms with Crippen molar-refractivity contribution >= 4 is 6.09 Å². The lowest BCUT2D eigenvalue weighted by atomic mass is 10.1. The fourth-order valence-corrected chi connectivity index (χ4v) is 2.15. The van der Waals surface area contributed by atoms with Crippen molar-refractivity contribution in [3.8, 4) is 17.0 Å². The molecular formula is C19H24N2O3. The Kier molecular flexibility index (Phi) is 5.79. The third-order valence-corrected chi connectivity index (χ3v) is 3.15. The van der Waals surface area contributed by atoms with Crippen LogP contribution in [0.1, 0.15) is 33.3 Å². The van der Waals surface area contributed by atoms with Crippen LogP contribution in [0.4, 0.5) is 4.79 Å². The fraction of sp³-hybridized carbons (Fsp3) is 0.368. The van der Waals surface area contributed by atoms with Crippen molar-refractivity contribution in [2.45, 2.75) is 39.8 Å². The zero-order valence-electron chi connectivity index (χ0n) is 14.6. The van der Waals surface area contributed by atoms with Crippen LogP contribution in [-0.4, -0.2) is 23.3 Å². The summed E-state index contributed by atoms with van der Waals surface area (Å²) < 4.78 is 10.8. The van der Waals surface area contributed by atoms with Crippen LogP contribution in [0.25, 0.3) is 11.1 Å². The van der Waals surface area contributed by atoms with E-state index in [9.17, 15) is 4.79 Å². The first-order valence-corrected chi connectivity index (χ1v) is 8.03. The van der Waals surface area contributed by atoms with E-state index in [1.807, 2.05) is 64.1 Å². The van der Waals surface area contributed by atoms with E-state index in [-0.39, 0.29) is 0 Å². The van der Waals surface area contributed by atoms with E-state index < -0.39 is 11.7 Å². The third kappa shape index (κ3) is 5.26. The molecule has 0 radical (unpaired) electrons. The third-order valence-electron chi connectivity index (χ3n) is 3.15. The molecule has 0 saturated carbocycles. The van der Waals surface area contributed by atoms with E-state index in [1.54, 1.807) is 6.20 Å². The van der Waals surface area contributed by atoms with Crippen LogP contribution in [0.2, 0.25) is 0 Å². The highest BCUT2D eigenvalue weighted by molar-refractivity contribution is 5.69. The van der Waals surface area contributed by atoms with E-state index >= 15 is 0 Å². The monoisotopic (exact) mass is 328 g/mol. The highest BCUT2D eigenvalue weighted by atomic mass is 16.6. The van der Waals surface area contributed by atoms with Crippen molar-refractivity contribution in [1.82, 2.24) is 10.3 Å². The summed E-state index contributed by atoms with van der Waals surface area (Å²) in [6.07, 6.45) is 1.30. The number of hydrogen-bond acceptors (Lipinski definition) is 4. The van der Waals surface area contributed by atoms with Gasteiger partial charge in [0.15, 0.2) is 0 Å². The smallest absolute Gasteiger partial charge is 0.407 e. The molecule has 1 heterocycles. The lowest BCUT2D eigenvalue weighted by Gasteiger charge is -2.19. The molecule has 0 aliphatic carbocycles. The van der Waals surface area contributed by atoms with Crippen LogP contribution in [0.3, 0.4) is 0 Å². The molecule has 0 atom stereocenters. The van der Waals surface area contributed by atoms with E-state index in [0.717, 1.165) is 16.7 Å². The molecule has 1 aromatic carbocycles. The van der Waals surface area contributed by atoms with Gasteiger partial charge < -0.3 is 14.8 Å². The number of nitrogens with zero attached hydrogens (tertiary/aromatic N) is 1. The zero-order chi connectivity index (χ0) is 17.6. The fourth-order valence-electron chi connectivity index (χ4n) is 2.15. The number of alkyl carbamates (subject to hydrolysis) is 1. The Morgan fingerprint density at radius 3 is 2.50 bits per heavy atom. The largest absolute Gasteiger partial charge is 0.478 e. The van der Waals surface area contributed by atoms with E-state index in [4.69, 9.17) is 9.47 Å². The van der Waals surface area contributed by atoms with Crippen LogP contribution in [0, 0.1) is 0 Å². The highest BCUT2D eigenvalue weighted by Gasteiger charge is 2.15. The SMILES string of the molecule is CCOc1ncccc1-c1ccc(CNC(=O)OC(C)(C)C)cc1. The maximum absolute atomic E-state index is 11.7. The van der Waals surface area contributed by atoms with Gasteiger partial charge in [0.25, 0.3) is 0 Å². The van der Waals surface area contributed by atoms with Gasteiger partial charge in [0, 0.05) is 18.3 Å². The topological polar surface area (TPSA) is 60.5 Å². The van der Waals surface area contributed by atoms with Gasteiger partial charge in [-0.3, -0.25) is 0 Å². The van der Waals surface area contributed by atoms with Crippen LogP contribution in [0.5, 0.6) is 5.88 Å². The van der Waals surface area contributed by atoms with Gasteiger partial charge in [-0.05, 0) is 51.0 Å². The minimum atomic E-state index is -0.496. The number of rotatable bonds is 5. The summed E-state index contributed by atoms with van der Waals surface area (Å²) in [5, 5.41) is 2.75. The molecule has 2 rings (SSSR count). The molecule has 128 valence electrons. The van der Waals surface area contributed by atoms with Crippen molar-refractivity contribution in [3.63, 3.8) is 0 Å². The molecule has 0 spiro atoms. The van der Waals surface area contributed by atoms with Crippen LogP contribution in [0.15, 0.2) is 42.6 Å². The molecule has 0 saturated heterocycles. The summed E-state index contributed by atoms with van der Waals surface area (Å²) in [5.41, 5.74) is 2.47. The summed E-state index contributed by atoms with van der Waals surface area (Å²) in [4.78, 5) is 15.9. The normalized spacial score (nSPS) is 11.0. The van der Waals surface area contributed by atoms with Crippen LogP contribution < -0.4 is 10.1 Å². The second-order valence-corrected chi connectivity index (χ2v) is 6.34. The maximum atomic E-state index is 11.7. The Morgan fingerprint density at radius 2 is 1.88 bits per heavy atom. The number of pyridine rings is 1. The zero-order valence-corrected chi connectivity index (χ0v) is 14.6. The second kappa shape index (κ2) is 7.81. The van der Waals surface area contributed by atoms with E-state index in [1.165, 1.54) is 0 Å². The molecule has 5 heteroatoms. The Bertz CT molecular complexity index is 676. The lowest BCUT2D eigenvalue weighted by Crippen LogP contribution is -2.32. The lowest BCUT2D eigenvalue weighted by molar-refractivity contribution is 0.0523. The van der Waals surface area contributed by atoms with E-state index in [2.05, 4.69) is 10.3 Å². The number of benzene rings is 1. The molecule has 0 bridgehead atoms. The number of amides is 1. The number of hydrogen-bond donors (Lipinski definition) is 1. The van der Waals surface area contributed by atoms with Gasteiger partial charge in [0.2, 0.25) is 5.88 Å². The van der Waals surface area contributed by atoms with Crippen molar-refractivity contribution < 1.29 is 14.3 Å². The van der Waals surface area contributed by atoms with Crippen molar-refractivity contribution in [2.24, 2.45) is 0 Å². The van der Waals surface area contributed by atoms with Gasteiger partial charge >= 0.3 is 6.09 Å². The van der Waals surface area contributed by atoms with Crippen LogP contribution >= 0.6 is 0 Å². The van der Waals surface area contributed by atoms with Gasteiger partial charge in [0.1, 0.15) is 5.60 Å². The molecule has 2 aromatic rings. The molecule has 0 aliphatic rings. The Hall–Kier alpha value is -2.56. The summed E-state index contributed by atoms with van der Waals surface area (Å²) in [5.74, 6) is 0.625. The Balaban J connectivity index is 2.02. The van der Waals surface area contributed by atoms with Crippen molar-refractivity contribution in [1.29, 1.82) is 0 Å². The number of aromatic nitrogens is 1. The summed E-state index contributed by atoms with van der Waals surface area (Å²) >= 11 is 0. The molecule has 24 heavy (non-hydrogen) atoms.